The molecule has 1 aromatic heterocycles. The van der Waals surface area contributed by atoms with E-state index in [0.717, 1.165) is 0 Å². The Kier molecular flexibility index (Phi) is 5.53. The summed E-state index contributed by atoms with van der Waals surface area (Å²) in [5.41, 5.74) is 1.87. The van der Waals surface area contributed by atoms with Gasteiger partial charge in [-0.2, -0.15) is 5.10 Å². The molecule has 0 saturated carbocycles. The lowest BCUT2D eigenvalue weighted by molar-refractivity contribution is 0.417. The van der Waals surface area contributed by atoms with E-state index >= 15 is 0 Å². The Morgan fingerprint density at radius 2 is 1.96 bits per heavy atom. The number of benzene rings is 2. The molecule has 5 nitrogen and oxygen atoms in total. The van der Waals surface area contributed by atoms with Crippen LogP contribution in [-0.2, 0) is 6.54 Å². The van der Waals surface area contributed by atoms with Crippen molar-refractivity contribution in [3.05, 3.63) is 71.4 Å². The predicted octanol–water partition coefficient (Wildman–Crippen LogP) is 4.40. The largest absolute Gasteiger partial charge is 0.495 e. The summed E-state index contributed by atoms with van der Waals surface area (Å²) in [5, 5.41) is 11.6. The van der Waals surface area contributed by atoms with Crippen LogP contribution in [0.1, 0.15) is 5.56 Å². The number of ether oxygens (including phenoxy) is 1. The molecule has 25 heavy (non-hydrogen) atoms. The molecule has 1 heterocycles. The van der Waals surface area contributed by atoms with Crippen molar-refractivity contribution < 1.29 is 4.74 Å². The second kappa shape index (κ2) is 8.00. The monoisotopic (exact) mass is 372 g/mol. The molecule has 0 amide bonds. The molecule has 0 aliphatic heterocycles. The Bertz CT molecular complexity index is 867. The molecule has 0 aliphatic carbocycles. The van der Waals surface area contributed by atoms with E-state index in [1.165, 1.54) is 5.56 Å². The van der Waals surface area contributed by atoms with Gasteiger partial charge in [-0.25, -0.2) is 0 Å². The highest BCUT2D eigenvalue weighted by Gasteiger charge is 2.07. The minimum atomic E-state index is 0.408. The number of halogens is 1. The summed E-state index contributed by atoms with van der Waals surface area (Å²) in [4.78, 5) is 0. The first-order valence-electron chi connectivity index (χ1n) is 7.63. The van der Waals surface area contributed by atoms with Crippen molar-refractivity contribution >= 4 is 40.4 Å². The first kappa shape index (κ1) is 17.3. The Hall–Kier alpha value is -2.57. The second-order valence-corrected chi connectivity index (χ2v) is 6.15. The van der Waals surface area contributed by atoms with Gasteiger partial charge in [0.1, 0.15) is 5.75 Å². The molecule has 128 valence electrons. The van der Waals surface area contributed by atoms with Crippen LogP contribution >= 0.6 is 23.8 Å². The van der Waals surface area contributed by atoms with Gasteiger partial charge in [0, 0.05) is 17.3 Å². The molecule has 0 fully saturated rings. The zero-order chi connectivity index (χ0) is 17.6. The van der Waals surface area contributed by atoms with Crippen molar-refractivity contribution in [2.24, 2.45) is 0 Å². The molecule has 7 heteroatoms. The zero-order valence-electron chi connectivity index (χ0n) is 13.6. The van der Waals surface area contributed by atoms with Gasteiger partial charge in [-0.1, -0.05) is 41.9 Å². The molecule has 3 rings (SSSR count). The first-order valence-corrected chi connectivity index (χ1v) is 8.41. The fourth-order valence-electron chi connectivity index (χ4n) is 2.33. The Labute approximate surface area is 156 Å². The number of nitrogens with zero attached hydrogens (tertiary/aromatic N) is 2. The lowest BCUT2D eigenvalue weighted by Crippen LogP contribution is -2.20. The molecule has 3 aromatic rings. The number of nitrogens with one attached hydrogen (secondary N) is 2. The van der Waals surface area contributed by atoms with E-state index < -0.39 is 0 Å². The van der Waals surface area contributed by atoms with Gasteiger partial charge >= 0.3 is 0 Å². The Morgan fingerprint density at radius 1 is 1.16 bits per heavy atom. The number of hydrogen-bond acceptors (Lipinski definition) is 3. The van der Waals surface area contributed by atoms with Gasteiger partial charge < -0.3 is 15.4 Å². The average molecular weight is 373 g/mol. The van der Waals surface area contributed by atoms with Crippen molar-refractivity contribution in [1.82, 2.24) is 9.78 Å². The maximum absolute atomic E-state index is 6.02. The normalized spacial score (nSPS) is 10.3. The van der Waals surface area contributed by atoms with Crippen molar-refractivity contribution in [3.63, 3.8) is 0 Å². The van der Waals surface area contributed by atoms with Crippen LogP contribution in [0.2, 0.25) is 5.02 Å². The highest BCUT2D eigenvalue weighted by Crippen LogP contribution is 2.27. The van der Waals surface area contributed by atoms with Gasteiger partial charge in [-0.05, 0) is 36.0 Å². The minimum absolute atomic E-state index is 0.408. The lowest BCUT2D eigenvalue weighted by Gasteiger charge is -2.12. The summed E-state index contributed by atoms with van der Waals surface area (Å²) >= 11 is 11.4. The number of methoxy groups -OCH3 is 1. The smallest absolute Gasteiger partial charge is 0.176 e. The zero-order valence-corrected chi connectivity index (χ0v) is 15.1. The van der Waals surface area contributed by atoms with Gasteiger partial charge in [0.15, 0.2) is 10.9 Å². The standard InChI is InChI=1S/C18H17ClN4OS/c1-24-16-8-7-14(19)11-15(16)20-18(25)21-17-9-10-23(22-17)12-13-5-3-2-4-6-13/h2-11H,12H2,1H3,(H2,20,21,22,25). The third kappa shape index (κ3) is 4.71. The molecule has 2 aromatic carbocycles. The van der Waals surface area contributed by atoms with E-state index in [4.69, 9.17) is 28.6 Å². The van der Waals surface area contributed by atoms with E-state index in [9.17, 15) is 0 Å². The van der Waals surface area contributed by atoms with Crippen molar-refractivity contribution in [1.29, 1.82) is 0 Å². The van der Waals surface area contributed by atoms with Gasteiger partial charge in [-0.3, -0.25) is 4.68 Å². The fourth-order valence-corrected chi connectivity index (χ4v) is 2.72. The van der Waals surface area contributed by atoms with Crippen LogP contribution in [0.5, 0.6) is 5.75 Å². The van der Waals surface area contributed by atoms with Crippen molar-refractivity contribution in [2.75, 3.05) is 17.7 Å². The Balaban J connectivity index is 1.63. The van der Waals surface area contributed by atoms with Gasteiger partial charge in [-0.15, -0.1) is 0 Å². The molecule has 0 saturated heterocycles. The van der Waals surface area contributed by atoms with Crippen LogP contribution in [0.15, 0.2) is 60.8 Å². The first-order chi connectivity index (χ1) is 12.1. The molecular weight excluding hydrogens is 356 g/mol. The molecular formula is C18H17ClN4OS. The summed E-state index contributed by atoms with van der Waals surface area (Å²) in [7, 11) is 1.59. The molecule has 0 spiro atoms. The van der Waals surface area contributed by atoms with Crippen LogP contribution in [0.4, 0.5) is 11.5 Å². The van der Waals surface area contributed by atoms with Crippen LogP contribution in [-0.4, -0.2) is 22.0 Å². The van der Waals surface area contributed by atoms with E-state index in [0.29, 0.717) is 33.9 Å². The highest BCUT2D eigenvalue weighted by atomic mass is 35.5. The van der Waals surface area contributed by atoms with E-state index in [1.807, 2.05) is 35.1 Å². The number of aromatic nitrogens is 2. The molecule has 2 N–H and O–H groups in total. The maximum Gasteiger partial charge on any atom is 0.176 e. The third-order valence-electron chi connectivity index (χ3n) is 3.48. The number of thiocarbonyl (C=S) groups is 1. The number of hydrogen-bond donors (Lipinski definition) is 2. The highest BCUT2D eigenvalue weighted by molar-refractivity contribution is 7.80. The SMILES string of the molecule is COc1ccc(Cl)cc1NC(=S)Nc1ccn(Cc2ccccc2)n1. The van der Waals surface area contributed by atoms with Crippen LogP contribution in [0, 0.1) is 0 Å². The number of anilines is 2. The summed E-state index contributed by atoms with van der Waals surface area (Å²) in [5.74, 6) is 1.32. The van der Waals surface area contributed by atoms with Gasteiger partial charge in [0.25, 0.3) is 0 Å². The molecule has 0 atom stereocenters. The van der Waals surface area contributed by atoms with Gasteiger partial charge in [0.2, 0.25) is 0 Å². The maximum atomic E-state index is 6.02. The van der Waals surface area contributed by atoms with Crippen molar-refractivity contribution in [3.8, 4) is 5.75 Å². The van der Waals surface area contributed by atoms with Crippen LogP contribution in [0.25, 0.3) is 0 Å². The lowest BCUT2D eigenvalue weighted by atomic mass is 10.2. The Morgan fingerprint density at radius 3 is 2.72 bits per heavy atom. The van der Waals surface area contributed by atoms with E-state index in [1.54, 1.807) is 25.3 Å². The molecule has 0 aliphatic rings. The topological polar surface area (TPSA) is 51.1 Å². The van der Waals surface area contributed by atoms with E-state index in [2.05, 4.69) is 27.9 Å². The molecule has 0 radical (unpaired) electrons. The van der Waals surface area contributed by atoms with Crippen LogP contribution < -0.4 is 15.4 Å². The quantitative estimate of drug-likeness (QED) is 0.650. The summed E-state index contributed by atoms with van der Waals surface area (Å²) < 4.78 is 7.14. The fraction of sp³-hybridized carbons (Fsp3) is 0.111. The summed E-state index contributed by atoms with van der Waals surface area (Å²) in [6.45, 7) is 0.699. The predicted molar refractivity (Wildman–Crippen MR) is 106 cm³/mol. The van der Waals surface area contributed by atoms with Crippen molar-refractivity contribution in [2.45, 2.75) is 6.54 Å². The third-order valence-corrected chi connectivity index (χ3v) is 3.92. The molecule has 0 bridgehead atoms. The average Bonchev–Trinajstić information content (AvgIpc) is 3.02. The number of rotatable bonds is 5. The molecule has 0 unspecified atom stereocenters. The minimum Gasteiger partial charge on any atom is -0.495 e. The van der Waals surface area contributed by atoms with Gasteiger partial charge in [0.05, 0.1) is 19.3 Å². The van der Waals surface area contributed by atoms with E-state index in [-0.39, 0.29) is 0 Å². The second-order valence-electron chi connectivity index (χ2n) is 5.31. The summed E-state index contributed by atoms with van der Waals surface area (Å²) in [6, 6.07) is 17.3. The summed E-state index contributed by atoms with van der Waals surface area (Å²) in [6.07, 6.45) is 1.90. The van der Waals surface area contributed by atoms with Crippen LogP contribution in [0.3, 0.4) is 0 Å².